The van der Waals surface area contributed by atoms with E-state index in [0.29, 0.717) is 12.0 Å². The Bertz CT molecular complexity index is 630. The van der Waals surface area contributed by atoms with Gasteiger partial charge >= 0.3 is 0 Å². The maximum Gasteiger partial charge on any atom is 0.0751 e. The zero-order valence-electron chi connectivity index (χ0n) is 18.0. The molecule has 1 fully saturated rings. The zero-order chi connectivity index (χ0) is 19.6. The number of hydrogen-bond acceptors (Lipinski definition) is 3. The van der Waals surface area contributed by atoms with Crippen molar-refractivity contribution < 1.29 is 4.74 Å². The van der Waals surface area contributed by atoms with E-state index in [2.05, 4.69) is 50.5 Å². The summed E-state index contributed by atoms with van der Waals surface area (Å²) in [5.41, 5.74) is 9.97. The fourth-order valence-electron chi connectivity index (χ4n) is 4.20. The first-order valence-electron chi connectivity index (χ1n) is 11.0. The third-order valence-corrected chi connectivity index (χ3v) is 5.52. The second-order valence-electron chi connectivity index (χ2n) is 7.31. The first-order chi connectivity index (χ1) is 13.2. The van der Waals surface area contributed by atoms with Gasteiger partial charge in [-0.15, -0.1) is 0 Å². The van der Waals surface area contributed by atoms with E-state index in [4.69, 9.17) is 9.84 Å². The molecule has 150 valence electrons. The van der Waals surface area contributed by atoms with Gasteiger partial charge in [0.1, 0.15) is 0 Å². The van der Waals surface area contributed by atoms with Gasteiger partial charge in [-0.2, -0.15) is 5.10 Å². The van der Waals surface area contributed by atoms with Gasteiger partial charge in [0.25, 0.3) is 0 Å². The lowest BCUT2D eigenvalue weighted by Gasteiger charge is -2.32. The minimum Gasteiger partial charge on any atom is -0.378 e. The van der Waals surface area contributed by atoms with Crippen LogP contribution in [0.5, 0.6) is 0 Å². The van der Waals surface area contributed by atoms with Crippen LogP contribution < -0.4 is 5.43 Å². The van der Waals surface area contributed by atoms with Crippen LogP contribution in [0.3, 0.4) is 0 Å². The summed E-state index contributed by atoms with van der Waals surface area (Å²) >= 11 is 0. The van der Waals surface area contributed by atoms with Crippen LogP contribution in [-0.2, 0) is 11.2 Å². The van der Waals surface area contributed by atoms with Crippen LogP contribution in [0, 0.1) is 5.92 Å². The van der Waals surface area contributed by atoms with Crippen LogP contribution in [0.25, 0.3) is 0 Å². The van der Waals surface area contributed by atoms with Gasteiger partial charge in [-0.05, 0) is 69.1 Å². The molecule has 1 aliphatic carbocycles. The van der Waals surface area contributed by atoms with Crippen LogP contribution in [0.2, 0.25) is 0 Å². The first kappa shape index (κ1) is 21.7. The molecule has 1 aliphatic heterocycles. The molecule has 1 aromatic rings. The fourth-order valence-corrected chi connectivity index (χ4v) is 4.20. The molecular formula is C24H38N2O. The normalized spacial score (nSPS) is 22.5. The number of nitrogens with zero attached hydrogens (tertiary/aromatic N) is 1. The average Bonchev–Trinajstić information content (AvgIpc) is 2.68. The molecule has 3 rings (SSSR count). The molecule has 2 atom stereocenters. The van der Waals surface area contributed by atoms with E-state index in [9.17, 15) is 0 Å². The molecule has 0 aromatic heterocycles. The van der Waals surface area contributed by atoms with Gasteiger partial charge in [0.05, 0.1) is 11.8 Å². The van der Waals surface area contributed by atoms with Gasteiger partial charge in [0, 0.05) is 18.2 Å². The Balaban J connectivity index is 0.00000126. The third kappa shape index (κ3) is 5.68. The molecule has 27 heavy (non-hydrogen) atoms. The number of nitrogens with one attached hydrogen (secondary N) is 1. The van der Waals surface area contributed by atoms with Crippen molar-refractivity contribution in [2.24, 2.45) is 11.0 Å². The largest absolute Gasteiger partial charge is 0.378 e. The van der Waals surface area contributed by atoms with Gasteiger partial charge in [-0.3, -0.25) is 5.43 Å². The maximum absolute atomic E-state index is 5.91. The molecule has 3 heteroatoms. The second-order valence-corrected chi connectivity index (χ2v) is 7.31. The lowest BCUT2D eigenvalue weighted by atomic mass is 9.79. The van der Waals surface area contributed by atoms with Crippen LogP contribution in [0.1, 0.15) is 84.3 Å². The number of ether oxygens (including phenoxy) is 1. The Morgan fingerprint density at radius 2 is 1.81 bits per heavy atom. The third-order valence-electron chi connectivity index (χ3n) is 5.52. The van der Waals surface area contributed by atoms with Crippen molar-refractivity contribution in [3.63, 3.8) is 0 Å². The van der Waals surface area contributed by atoms with E-state index in [1.165, 1.54) is 53.8 Å². The highest BCUT2D eigenvalue weighted by Crippen LogP contribution is 2.35. The fraction of sp³-hybridized carbons (Fsp3) is 0.625. The van der Waals surface area contributed by atoms with Crippen molar-refractivity contribution in [2.45, 2.75) is 85.7 Å². The summed E-state index contributed by atoms with van der Waals surface area (Å²) in [6.07, 6.45) is 8.55. The summed E-state index contributed by atoms with van der Waals surface area (Å²) in [6.45, 7) is 11.3. The van der Waals surface area contributed by atoms with Crippen LogP contribution in [0.15, 0.2) is 40.6 Å². The lowest BCUT2D eigenvalue weighted by molar-refractivity contribution is 0.0463. The number of rotatable bonds is 5. The molecule has 0 spiro atoms. The number of benzene rings is 1. The summed E-state index contributed by atoms with van der Waals surface area (Å²) in [5.74, 6) is 0.459. The summed E-state index contributed by atoms with van der Waals surface area (Å²) in [6, 6.07) is 9.04. The number of fused-ring (bicyclic) bond motifs is 1. The van der Waals surface area contributed by atoms with Crippen molar-refractivity contribution in [1.29, 1.82) is 0 Å². The van der Waals surface area contributed by atoms with Crippen molar-refractivity contribution in [2.75, 3.05) is 6.61 Å². The minimum absolute atomic E-state index is 0.418. The van der Waals surface area contributed by atoms with Crippen LogP contribution in [-0.4, -0.2) is 18.4 Å². The van der Waals surface area contributed by atoms with Crippen molar-refractivity contribution in [3.8, 4) is 0 Å². The van der Waals surface area contributed by atoms with Gasteiger partial charge in [0.2, 0.25) is 0 Å². The summed E-state index contributed by atoms with van der Waals surface area (Å²) in [5, 5.41) is 4.75. The molecule has 0 amide bonds. The Morgan fingerprint density at radius 3 is 2.48 bits per heavy atom. The molecule has 0 saturated heterocycles. The highest BCUT2D eigenvalue weighted by molar-refractivity contribution is 6.04. The van der Waals surface area contributed by atoms with Gasteiger partial charge in [-0.1, -0.05) is 51.5 Å². The van der Waals surface area contributed by atoms with E-state index in [-0.39, 0.29) is 0 Å². The predicted molar refractivity (Wildman–Crippen MR) is 116 cm³/mol. The molecular weight excluding hydrogens is 332 g/mol. The van der Waals surface area contributed by atoms with Crippen LogP contribution >= 0.6 is 0 Å². The average molecular weight is 371 g/mol. The molecule has 0 bridgehead atoms. The quantitative estimate of drug-likeness (QED) is 0.666. The Morgan fingerprint density at radius 1 is 1.07 bits per heavy atom. The number of hydrazone groups is 1. The molecule has 2 aliphatic rings. The number of aryl methyl sites for hydroxylation is 1. The first-order valence-corrected chi connectivity index (χ1v) is 11.0. The molecule has 0 radical (unpaired) electrons. The maximum atomic E-state index is 5.91. The molecule has 1 saturated carbocycles. The summed E-state index contributed by atoms with van der Waals surface area (Å²) in [7, 11) is 0. The molecule has 1 N–H and O–H groups in total. The SMILES string of the molecule is CC.CCCc1ccc(C2=NNC(C)=C3CCC(OCC)CCCC23)cc1. The summed E-state index contributed by atoms with van der Waals surface area (Å²) in [4.78, 5) is 0. The van der Waals surface area contributed by atoms with E-state index in [1.54, 1.807) is 0 Å². The molecule has 3 nitrogen and oxygen atoms in total. The Hall–Kier alpha value is -1.61. The Labute approximate surface area is 166 Å². The van der Waals surface area contributed by atoms with Crippen molar-refractivity contribution >= 4 is 5.71 Å². The van der Waals surface area contributed by atoms with Crippen LogP contribution in [0.4, 0.5) is 0 Å². The van der Waals surface area contributed by atoms with Gasteiger partial charge < -0.3 is 4.74 Å². The molecule has 1 aromatic carbocycles. The van der Waals surface area contributed by atoms with Crippen molar-refractivity contribution in [3.05, 3.63) is 46.7 Å². The zero-order valence-corrected chi connectivity index (χ0v) is 18.0. The summed E-state index contributed by atoms with van der Waals surface area (Å²) < 4.78 is 5.91. The van der Waals surface area contributed by atoms with E-state index in [0.717, 1.165) is 25.9 Å². The monoisotopic (exact) mass is 370 g/mol. The molecule has 1 heterocycles. The van der Waals surface area contributed by atoms with E-state index < -0.39 is 0 Å². The van der Waals surface area contributed by atoms with Gasteiger partial charge in [-0.25, -0.2) is 0 Å². The van der Waals surface area contributed by atoms with Gasteiger partial charge in [0.15, 0.2) is 0 Å². The number of hydrogen-bond donors (Lipinski definition) is 1. The Kier molecular flexibility index (Phi) is 9.06. The predicted octanol–water partition coefficient (Wildman–Crippen LogP) is 6.23. The standard InChI is InChI=1S/C22H32N2O.C2H6/c1-4-7-17-10-12-18(13-11-17)22-21-9-6-8-19(25-5-2)14-15-20(21)16(3)23-24-22;1-2/h10-13,19,21,23H,4-9,14-15H2,1-3H3;1-2H3. The smallest absolute Gasteiger partial charge is 0.0751 e. The van der Waals surface area contributed by atoms with E-state index >= 15 is 0 Å². The van der Waals surface area contributed by atoms with Crippen molar-refractivity contribution in [1.82, 2.24) is 5.43 Å². The molecule has 2 unspecified atom stereocenters. The highest BCUT2D eigenvalue weighted by Gasteiger charge is 2.29. The van der Waals surface area contributed by atoms with E-state index in [1.807, 2.05) is 13.8 Å². The lowest BCUT2D eigenvalue weighted by Crippen LogP contribution is -2.31. The number of allylic oxidation sites excluding steroid dienone is 2. The second kappa shape index (κ2) is 11.3. The highest BCUT2D eigenvalue weighted by atomic mass is 16.5. The minimum atomic E-state index is 0.418. The topological polar surface area (TPSA) is 33.6 Å².